The fourth-order valence-electron chi connectivity index (χ4n) is 2.02. The zero-order chi connectivity index (χ0) is 16.3. The average molecular weight is 307 g/mol. The van der Waals surface area contributed by atoms with E-state index in [1.165, 1.54) is 11.6 Å². The number of hydrogen-bond donors (Lipinski definition) is 1. The zero-order valence-corrected chi connectivity index (χ0v) is 12.6. The molecule has 2 heterocycles. The molecule has 22 heavy (non-hydrogen) atoms. The number of aryl methyl sites for hydroxylation is 2. The van der Waals surface area contributed by atoms with Crippen LogP contribution in [0.25, 0.3) is 5.78 Å². The summed E-state index contributed by atoms with van der Waals surface area (Å²) in [6, 6.07) is 1.82. The number of nitrogens with zero attached hydrogens (tertiary/aromatic N) is 5. The fraction of sp³-hybridized carbons (Fsp3) is 0.462. The van der Waals surface area contributed by atoms with E-state index in [1.807, 2.05) is 19.9 Å². The van der Waals surface area contributed by atoms with E-state index in [9.17, 15) is 9.59 Å². The van der Waals surface area contributed by atoms with Crippen LogP contribution >= 0.6 is 0 Å². The van der Waals surface area contributed by atoms with Gasteiger partial charge in [-0.2, -0.15) is 4.98 Å². The van der Waals surface area contributed by atoms with Crippen LogP contribution in [0, 0.1) is 13.8 Å². The lowest BCUT2D eigenvalue weighted by atomic mass is 10.4. The van der Waals surface area contributed by atoms with Crippen LogP contribution < -0.4 is 0 Å². The molecule has 0 radical (unpaired) electrons. The maximum Gasteiger partial charge on any atom is 0.323 e. The van der Waals surface area contributed by atoms with Crippen molar-refractivity contribution in [2.24, 2.45) is 0 Å². The van der Waals surface area contributed by atoms with Gasteiger partial charge in [0.15, 0.2) is 0 Å². The van der Waals surface area contributed by atoms with Crippen LogP contribution in [-0.4, -0.2) is 68.3 Å². The number of rotatable bonds is 6. The summed E-state index contributed by atoms with van der Waals surface area (Å²) in [6.45, 7) is 3.57. The highest BCUT2D eigenvalue weighted by Gasteiger charge is 2.23. The molecule has 1 N–H and O–H groups in total. The molecular weight excluding hydrogens is 290 g/mol. The van der Waals surface area contributed by atoms with Crippen molar-refractivity contribution in [1.29, 1.82) is 0 Å². The van der Waals surface area contributed by atoms with Crippen LogP contribution in [0.1, 0.15) is 22.0 Å². The van der Waals surface area contributed by atoms with E-state index in [1.54, 1.807) is 0 Å². The van der Waals surface area contributed by atoms with Gasteiger partial charge in [0.2, 0.25) is 5.82 Å². The summed E-state index contributed by atoms with van der Waals surface area (Å²) in [7, 11) is 1.47. The lowest BCUT2D eigenvalue weighted by Crippen LogP contribution is -2.38. The summed E-state index contributed by atoms with van der Waals surface area (Å²) in [4.78, 5) is 32.7. The van der Waals surface area contributed by atoms with E-state index < -0.39 is 18.4 Å². The first-order valence-corrected chi connectivity index (χ1v) is 6.63. The van der Waals surface area contributed by atoms with E-state index in [0.717, 1.165) is 16.3 Å². The van der Waals surface area contributed by atoms with Gasteiger partial charge >= 0.3 is 5.97 Å². The van der Waals surface area contributed by atoms with Gasteiger partial charge in [0.05, 0.1) is 6.61 Å². The van der Waals surface area contributed by atoms with E-state index >= 15 is 0 Å². The van der Waals surface area contributed by atoms with E-state index in [-0.39, 0.29) is 19.0 Å². The van der Waals surface area contributed by atoms with Crippen molar-refractivity contribution in [1.82, 2.24) is 24.5 Å². The van der Waals surface area contributed by atoms with Gasteiger partial charge in [-0.1, -0.05) is 0 Å². The summed E-state index contributed by atoms with van der Waals surface area (Å²) in [5.41, 5.74) is 1.55. The monoisotopic (exact) mass is 307 g/mol. The number of ether oxygens (including phenoxy) is 1. The van der Waals surface area contributed by atoms with Crippen LogP contribution in [0.15, 0.2) is 6.07 Å². The quantitative estimate of drug-likeness (QED) is 0.794. The van der Waals surface area contributed by atoms with Crippen molar-refractivity contribution in [3.05, 3.63) is 23.3 Å². The number of amides is 1. The minimum atomic E-state index is -1.11. The third kappa shape index (κ3) is 3.37. The number of hydrogen-bond acceptors (Lipinski definition) is 6. The lowest BCUT2D eigenvalue weighted by molar-refractivity contribution is -0.137. The van der Waals surface area contributed by atoms with Crippen LogP contribution in [0.2, 0.25) is 0 Å². The number of methoxy groups -OCH3 is 1. The highest BCUT2D eigenvalue weighted by Crippen LogP contribution is 2.07. The van der Waals surface area contributed by atoms with Gasteiger partial charge in [-0.3, -0.25) is 9.59 Å². The minimum absolute atomic E-state index is 0.0847. The molecule has 0 atom stereocenters. The molecule has 9 heteroatoms. The van der Waals surface area contributed by atoms with E-state index in [0.29, 0.717) is 5.78 Å². The Kier molecular flexibility index (Phi) is 4.66. The highest BCUT2D eigenvalue weighted by molar-refractivity contribution is 5.92. The Morgan fingerprint density at radius 1 is 1.36 bits per heavy atom. The second-order valence-corrected chi connectivity index (χ2v) is 4.80. The molecule has 0 bridgehead atoms. The molecule has 2 aromatic heterocycles. The van der Waals surface area contributed by atoms with Crippen molar-refractivity contribution in [3.63, 3.8) is 0 Å². The molecule has 9 nitrogen and oxygen atoms in total. The second kappa shape index (κ2) is 6.48. The first kappa shape index (κ1) is 15.8. The van der Waals surface area contributed by atoms with Gasteiger partial charge in [0.1, 0.15) is 6.54 Å². The van der Waals surface area contributed by atoms with Crippen LogP contribution in [0.4, 0.5) is 0 Å². The van der Waals surface area contributed by atoms with Crippen LogP contribution in [0.3, 0.4) is 0 Å². The number of carboxylic acids is 1. The van der Waals surface area contributed by atoms with Gasteiger partial charge in [0, 0.05) is 25.0 Å². The number of fused-ring (bicyclic) bond motifs is 1. The van der Waals surface area contributed by atoms with Crippen molar-refractivity contribution >= 4 is 17.7 Å². The molecule has 0 saturated heterocycles. The summed E-state index contributed by atoms with van der Waals surface area (Å²) < 4.78 is 6.34. The molecule has 2 aromatic rings. The van der Waals surface area contributed by atoms with E-state index in [2.05, 4.69) is 15.1 Å². The largest absolute Gasteiger partial charge is 0.480 e. The van der Waals surface area contributed by atoms with Crippen molar-refractivity contribution in [2.45, 2.75) is 13.8 Å². The summed E-state index contributed by atoms with van der Waals surface area (Å²) in [6.07, 6.45) is 0. The van der Waals surface area contributed by atoms with Crippen LogP contribution in [0.5, 0.6) is 0 Å². The first-order chi connectivity index (χ1) is 10.4. The minimum Gasteiger partial charge on any atom is -0.480 e. The Morgan fingerprint density at radius 3 is 2.73 bits per heavy atom. The highest BCUT2D eigenvalue weighted by atomic mass is 16.5. The lowest BCUT2D eigenvalue weighted by Gasteiger charge is -2.18. The molecule has 0 spiro atoms. The average Bonchev–Trinajstić information content (AvgIpc) is 2.86. The van der Waals surface area contributed by atoms with E-state index in [4.69, 9.17) is 9.84 Å². The van der Waals surface area contributed by atoms with Gasteiger partial charge in [0.25, 0.3) is 11.7 Å². The fourth-order valence-corrected chi connectivity index (χ4v) is 2.02. The topological polar surface area (TPSA) is 110 Å². The number of aromatic nitrogens is 4. The standard InChI is InChI=1S/C13H17N5O4/c1-8-6-9(2)18-13(14-8)15-11(16-18)12(21)17(4-5-22-3)7-10(19)20/h6H,4-5,7H2,1-3H3,(H,19,20). The first-order valence-electron chi connectivity index (χ1n) is 6.63. The summed E-state index contributed by atoms with van der Waals surface area (Å²) >= 11 is 0. The van der Waals surface area contributed by atoms with Gasteiger partial charge in [-0.25, -0.2) is 9.50 Å². The molecule has 2 rings (SSSR count). The Bertz CT molecular complexity index is 712. The van der Waals surface area contributed by atoms with Crippen molar-refractivity contribution in [2.75, 3.05) is 26.8 Å². The number of aliphatic carboxylic acids is 1. The maximum absolute atomic E-state index is 12.4. The SMILES string of the molecule is COCCN(CC(=O)O)C(=O)c1nc2nc(C)cc(C)n2n1. The summed E-state index contributed by atoms with van der Waals surface area (Å²) in [5.74, 6) is -1.46. The molecule has 0 fully saturated rings. The van der Waals surface area contributed by atoms with Gasteiger partial charge in [-0.05, 0) is 19.9 Å². The molecular formula is C13H17N5O4. The molecule has 0 aromatic carbocycles. The smallest absolute Gasteiger partial charge is 0.323 e. The molecule has 0 aliphatic rings. The predicted octanol–water partition coefficient (Wildman–Crippen LogP) is -0.0857. The van der Waals surface area contributed by atoms with Gasteiger partial charge in [-0.15, -0.1) is 5.10 Å². The second-order valence-electron chi connectivity index (χ2n) is 4.80. The zero-order valence-electron chi connectivity index (χ0n) is 12.6. The molecule has 0 aliphatic heterocycles. The van der Waals surface area contributed by atoms with Crippen molar-refractivity contribution < 1.29 is 19.4 Å². The predicted molar refractivity (Wildman–Crippen MR) is 75.7 cm³/mol. The van der Waals surface area contributed by atoms with Crippen molar-refractivity contribution in [3.8, 4) is 0 Å². The molecule has 1 amide bonds. The Morgan fingerprint density at radius 2 is 2.09 bits per heavy atom. The number of carbonyl (C=O) groups excluding carboxylic acids is 1. The Balaban J connectivity index is 2.33. The van der Waals surface area contributed by atoms with Gasteiger partial charge < -0.3 is 14.7 Å². The Labute approximate surface area is 126 Å². The number of carboxylic acid groups (broad SMARTS) is 1. The van der Waals surface area contributed by atoms with Crippen LogP contribution in [-0.2, 0) is 9.53 Å². The Hall–Kier alpha value is -2.55. The third-order valence-electron chi connectivity index (χ3n) is 2.99. The summed E-state index contributed by atoms with van der Waals surface area (Å²) in [5, 5.41) is 13.0. The third-order valence-corrected chi connectivity index (χ3v) is 2.99. The molecule has 0 aliphatic carbocycles. The molecule has 118 valence electrons. The maximum atomic E-state index is 12.4. The normalized spacial score (nSPS) is 10.9. The molecule has 0 unspecified atom stereocenters. The molecule has 0 saturated carbocycles. The number of carbonyl (C=O) groups is 2.